The van der Waals surface area contributed by atoms with Crippen molar-refractivity contribution in [3.63, 3.8) is 0 Å². The zero-order valence-electron chi connectivity index (χ0n) is 13.6. The van der Waals surface area contributed by atoms with Crippen LogP contribution in [0.25, 0.3) is 0 Å². The molecule has 0 unspecified atom stereocenters. The highest BCUT2D eigenvalue weighted by atomic mass is 16.5. The molecule has 2 aliphatic rings. The van der Waals surface area contributed by atoms with Gasteiger partial charge in [0, 0.05) is 38.6 Å². The van der Waals surface area contributed by atoms with Gasteiger partial charge in [0.15, 0.2) is 11.6 Å². The van der Waals surface area contributed by atoms with E-state index in [0.717, 1.165) is 63.9 Å². The maximum absolute atomic E-state index is 5.78. The molecule has 1 aromatic rings. The molecule has 22 heavy (non-hydrogen) atoms. The zero-order valence-corrected chi connectivity index (χ0v) is 13.6. The summed E-state index contributed by atoms with van der Waals surface area (Å²) in [6.07, 6.45) is 6.21. The van der Waals surface area contributed by atoms with Crippen molar-refractivity contribution < 1.29 is 9.47 Å². The largest absolute Gasteiger partial charge is 0.375 e. The van der Waals surface area contributed by atoms with Gasteiger partial charge in [-0.1, -0.05) is 13.8 Å². The fraction of sp³-hybridized carbons (Fsp3) is 0.750. The fourth-order valence-electron chi connectivity index (χ4n) is 3.09. The fourth-order valence-corrected chi connectivity index (χ4v) is 3.09. The Labute approximate surface area is 132 Å². The second-order valence-electron chi connectivity index (χ2n) is 5.90. The molecule has 0 aromatic carbocycles. The van der Waals surface area contributed by atoms with Crippen LogP contribution < -0.4 is 9.80 Å². The van der Waals surface area contributed by atoms with Gasteiger partial charge in [-0.15, -0.1) is 0 Å². The lowest BCUT2D eigenvalue weighted by atomic mass is 10.2. The number of rotatable bonds is 4. The molecule has 0 radical (unpaired) electrons. The Morgan fingerprint density at radius 3 is 1.77 bits per heavy atom. The van der Waals surface area contributed by atoms with Gasteiger partial charge in [-0.3, -0.25) is 0 Å². The number of hydrogen-bond donors (Lipinski definition) is 0. The van der Waals surface area contributed by atoms with Crippen LogP contribution in [-0.4, -0.2) is 61.6 Å². The maximum atomic E-state index is 5.78. The van der Waals surface area contributed by atoms with Crippen LogP contribution in [0.1, 0.15) is 26.7 Å². The number of aromatic nitrogens is 2. The molecule has 122 valence electrons. The Morgan fingerprint density at radius 2 is 1.36 bits per heavy atom. The molecule has 2 aliphatic heterocycles. The van der Waals surface area contributed by atoms with Gasteiger partial charge in [0.1, 0.15) is 0 Å². The molecule has 0 N–H and O–H groups in total. The highest BCUT2D eigenvalue weighted by molar-refractivity contribution is 5.62. The van der Waals surface area contributed by atoms with Crippen molar-refractivity contribution in [1.29, 1.82) is 0 Å². The van der Waals surface area contributed by atoms with Crippen LogP contribution >= 0.6 is 0 Å². The van der Waals surface area contributed by atoms with Crippen LogP contribution in [0, 0.1) is 0 Å². The SMILES string of the molecule is CC[C@@H]1CN(c2nccnc2N2CCO[C@H](CC)C2)CCO1. The smallest absolute Gasteiger partial charge is 0.172 e. The number of ether oxygens (including phenoxy) is 2. The topological polar surface area (TPSA) is 50.7 Å². The molecule has 0 bridgehead atoms. The minimum atomic E-state index is 0.289. The summed E-state index contributed by atoms with van der Waals surface area (Å²) < 4.78 is 11.6. The normalized spacial score (nSPS) is 26.3. The minimum absolute atomic E-state index is 0.289. The third kappa shape index (κ3) is 3.33. The number of nitrogens with zero attached hydrogens (tertiary/aromatic N) is 4. The summed E-state index contributed by atoms with van der Waals surface area (Å²) in [4.78, 5) is 13.9. The Morgan fingerprint density at radius 1 is 0.909 bits per heavy atom. The van der Waals surface area contributed by atoms with Gasteiger partial charge in [0.05, 0.1) is 25.4 Å². The predicted octanol–water partition coefficient (Wildman–Crippen LogP) is 1.71. The molecule has 0 aliphatic carbocycles. The average molecular weight is 306 g/mol. The standard InChI is InChI=1S/C16H26N4O2/c1-3-13-11-19(7-9-21-13)15-16(18-6-5-17-15)20-8-10-22-14(4-2)12-20/h5-6,13-14H,3-4,7-12H2,1-2H3/t13-,14-/m1/s1. The van der Waals surface area contributed by atoms with Crippen molar-refractivity contribution in [3.05, 3.63) is 12.4 Å². The van der Waals surface area contributed by atoms with E-state index in [-0.39, 0.29) is 12.2 Å². The minimum Gasteiger partial charge on any atom is -0.375 e. The molecule has 0 spiro atoms. The van der Waals surface area contributed by atoms with Crippen molar-refractivity contribution in [2.45, 2.75) is 38.9 Å². The van der Waals surface area contributed by atoms with Crippen molar-refractivity contribution in [2.75, 3.05) is 49.2 Å². The summed E-state index contributed by atoms with van der Waals surface area (Å²) in [6.45, 7) is 9.39. The zero-order chi connectivity index (χ0) is 15.4. The lowest BCUT2D eigenvalue weighted by molar-refractivity contribution is 0.0364. The van der Waals surface area contributed by atoms with Crippen molar-refractivity contribution in [3.8, 4) is 0 Å². The first-order chi connectivity index (χ1) is 10.8. The molecule has 2 fully saturated rings. The highest BCUT2D eigenvalue weighted by Crippen LogP contribution is 2.28. The van der Waals surface area contributed by atoms with Gasteiger partial charge >= 0.3 is 0 Å². The van der Waals surface area contributed by atoms with E-state index < -0.39 is 0 Å². The van der Waals surface area contributed by atoms with E-state index in [1.165, 1.54) is 0 Å². The molecular formula is C16H26N4O2. The number of anilines is 2. The van der Waals surface area contributed by atoms with E-state index in [4.69, 9.17) is 9.47 Å². The number of hydrogen-bond acceptors (Lipinski definition) is 6. The molecule has 6 heteroatoms. The summed E-state index contributed by atoms with van der Waals surface area (Å²) in [6, 6.07) is 0. The summed E-state index contributed by atoms with van der Waals surface area (Å²) in [7, 11) is 0. The first kappa shape index (κ1) is 15.5. The van der Waals surface area contributed by atoms with Gasteiger partial charge < -0.3 is 19.3 Å². The first-order valence-electron chi connectivity index (χ1n) is 8.36. The van der Waals surface area contributed by atoms with Gasteiger partial charge in [0.2, 0.25) is 0 Å². The Balaban J connectivity index is 1.80. The van der Waals surface area contributed by atoms with Crippen LogP contribution in [0.2, 0.25) is 0 Å². The van der Waals surface area contributed by atoms with Crippen LogP contribution in [0.5, 0.6) is 0 Å². The monoisotopic (exact) mass is 306 g/mol. The summed E-state index contributed by atoms with van der Waals surface area (Å²) >= 11 is 0. The van der Waals surface area contributed by atoms with Crippen molar-refractivity contribution in [2.24, 2.45) is 0 Å². The molecule has 3 heterocycles. The van der Waals surface area contributed by atoms with Crippen LogP contribution in [0.4, 0.5) is 11.6 Å². The molecule has 0 saturated carbocycles. The number of morpholine rings is 2. The van der Waals surface area contributed by atoms with E-state index >= 15 is 0 Å². The average Bonchev–Trinajstić information content (AvgIpc) is 2.62. The third-order valence-corrected chi connectivity index (χ3v) is 4.45. The third-order valence-electron chi connectivity index (χ3n) is 4.45. The van der Waals surface area contributed by atoms with Crippen LogP contribution in [-0.2, 0) is 9.47 Å². The Bertz CT molecular complexity index is 442. The molecular weight excluding hydrogens is 280 g/mol. The van der Waals surface area contributed by atoms with Crippen LogP contribution in [0.3, 0.4) is 0 Å². The predicted molar refractivity (Wildman–Crippen MR) is 86.5 cm³/mol. The summed E-state index contributed by atoms with van der Waals surface area (Å²) in [5, 5.41) is 0. The van der Waals surface area contributed by atoms with E-state index in [9.17, 15) is 0 Å². The van der Waals surface area contributed by atoms with Gasteiger partial charge in [-0.25, -0.2) is 9.97 Å². The molecule has 2 atom stereocenters. The lowest BCUT2D eigenvalue weighted by Gasteiger charge is -2.38. The van der Waals surface area contributed by atoms with Gasteiger partial charge in [-0.2, -0.15) is 0 Å². The molecule has 0 amide bonds. The highest BCUT2D eigenvalue weighted by Gasteiger charge is 2.27. The summed E-state index contributed by atoms with van der Waals surface area (Å²) in [5.74, 6) is 1.97. The quantitative estimate of drug-likeness (QED) is 0.844. The molecule has 6 nitrogen and oxygen atoms in total. The summed E-state index contributed by atoms with van der Waals surface area (Å²) in [5.41, 5.74) is 0. The molecule has 2 saturated heterocycles. The first-order valence-corrected chi connectivity index (χ1v) is 8.36. The second kappa shape index (κ2) is 7.24. The molecule has 1 aromatic heterocycles. The maximum Gasteiger partial charge on any atom is 0.172 e. The van der Waals surface area contributed by atoms with E-state index in [1.807, 2.05) is 0 Å². The van der Waals surface area contributed by atoms with Crippen LogP contribution in [0.15, 0.2) is 12.4 Å². The van der Waals surface area contributed by atoms with Crippen molar-refractivity contribution >= 4 is 11.6 Å². The van der Waals surface area contributed by atoms with Gasteiger partial charge in [0.25, 0.3) is 0 Å². The lowest BCUT2D eigenvalue weighted by Crippen LogP contribution is -2.46. The van der Waals surface area contributed by atoms with E-state index in [1.54, 1.807) is 12.4 Å². The van der Waals surface area contributed by atoms with E-state index in [0.29, 0.717) is 0 Å². The second-order valence-corrected chi connectivity index (χ2v) is 5.90. The molecule has 3 rings (SSSR count). The Hall–Kier alpha value is -1.40. The van der Waals surface area contributed by atoms with Crippen molar-refractivity contribution in [1.82, 2.24) is 9.97 Å². The van der Waals surface area contributed by atoms with E-state index in [2.05, 4.69) is 33.6 Å². The Kier molecular flexibility index (Phi) is 5.10. The van der Waals surface area contributed by atoms with Gasteiger partial charge in [-0.05, 0) is 12.8 Å².